The molecular formula is C17H27NO. The molecule has 0 radical (unpaired) electrons. The van der Waals surface area contributed by atoms with Gasteiger partial charge in [0.25, 0.3) is 0 Å². The lowest BCUT2D eigenvalue weighted by Crippen LogP contribution is -2.32. The average molecular weight is 261 g/mol. The van der Waals surface area contributed by atoms with Crippen molar-refractivity contribution in [3.63, 3.8) is 0 Å². The monoisotopic (exact) mass is 261 g/mol. The Bertz CT molecular complexity index is 348. The smallest absolute Gasteiger partial charge is 0.149 e. The molecular weight excluding hydrogens is 234 g/mol. The van der Waals surface area contributed by atoms with E-state index in [-0.39, 0.29) is 11.8 Å². The van der Waals surface area contributed by atoms with Gasteiger partial charge in [0.15, 0.2) is 0 Å². The zero-order valence-corrected chi connectivity index (χ0v) is 12.1. The van der Waals surface area contributed by atoms with E-state index in [2.05, 4.69) is 6.92 Å². The van der Waals surface area contributed by atoms with Gasteiger partial charge in [-0.05, 0) is 18.4 Å². The third kappa shape index (κ3) is 7.12. The van der Waals surface area contributed by atoms with Crippen molar-refractivity contribution in [3.8, 4) is 0 Å². The van der Waals surface area contributed by atoms with E-state index in [0.717, 1.165) is 18.4 Å². The van der Waals surface area contributed by atoms with Crippen LogP contribution < -0.4 is 5.73 Å². The van der Waals surface area contributed by atoms with Crippen molar-refractivity contribution < 1.29 is 4.79 Å². The molecule has 2 nitrogen and oxygen atoms in total. The van der Waals surface area contributed by atoms with Gasteiger partial charge >= 0.3 is 0 Å². The van der Waals surface area contributed by atoms with E-state index in [1.807, 2.05) is 30.3 Å². The summed E-state index contributed by atoms with van der Waals surface area (Å²) in [4.78, 5) is 11.9. The summed E-state index contributed by atoms with van der Waals surface area (Å²) < 4.78 is 0. The first-order valence-electron chi connectivity index (χ1n) is 7.56. The normalized spacial score (nSPS) is 12.3. The number of carbonyl (C=O) groups excluding carboxylic acids is 1. The molecule has 0 saturated heterocycles. The van der Waals surface area contributed by atoms with Crippen molar-refractivity contribution in [2.45, 2.75) is 64.3 Å². The molecule has 0 aromatic heterocycles. The van der Waals surface area contributed by atoms with Gasteiger partial charge in [-0.1, -0.05) is 69.4 Å². The number of ketones is 1. The second kappa shape index (κ2) is 9.74. The number of hydrogen-bond acceptors (Lipinski definition) is 2. The van der Waals surface area contributed by atoms with Crippen LogP contribution in [0.15, 0.2) is 30.3 Å². The molecule has 1 atom stereocenters. The minimum absolute atomic E-state index is 0.208. The Morgan fingerprint density at radius 2 is 1.68 bits per heavy atom. The van der Waals surface area contributed by atoms with E-state index in [9.17, 15) is 4.79 Å². The third-order valence-electron chi connectivity index (χ3n) is 3.49. The van der Waals surface area contributed by atoms with Crippen LogP contribution in [0.4, 0.5) is 0 Å². The van der Waals surface area contributed by atoms with Gasteiger partial charge in [-0.2, -0.15) is 0 Å². The number of Topliss-reactive ketones (excluding diaryl/α,β-unsaturated/α-hetero) is 1. The van der Waals surface area contributed by atoms with E-state index in [4.69, 9.17) is 5.73 Å². The summed E-state index contributed by atoms with van der Waals surface area (Å²) in [6.45, 7) is 2.21. The second-order valence-corrected chi connectivity index (χ2v) is 5.28. The van der Waals surface area contributed by atoms with Gasteiger partial charge in [-0.15, -0.1) is 0 Å². The van der Waals surface area contributed by atoms with Crippen LogP contribution in [-0.2, 0) is 11.2 Å². The molecule has 0 aliphatic rings. The van der Waals surface area contributed by atoms with E-state index >= 15 is 0 Å². The van der Waals surface area contributed by atoms with Crippen LogP contribution in [-0.4, -0.2) is 11.8 Å². The van der Waals surface area contributed by atoms with Crippen molar-refractivity contribution in [2.75, 3.05) is 0 Å². The highest BCUT2D eigenvalue weighted by Crippen LogP contribution is 2.09. The van der Waals surface area contributed by atoms with Gasteiger partial charge in [0, 0.05) is 6.42 Å². The van der Waals surface area contributed by atoms with Crippen LogP contribution in [0.2, 0.25) is 0 Å². The summed E-state index contributed by atoms with van der Waals surface area (Å²) in [6.07, 6.45) is 8.56. The van der Waals surface area contributed by atoms with Gasteiger partial charge in [0.2, 0.25) is 0 Å². The Kier molecular flexibility index (Phi) is 8.15. The highest BCUT2D eigenvalue weighted by atomic mass is 16.1. The predicted molar refractivity (Wildman–Crippen MR) is 81.1 cm³/mol. The molecule has 2 N–H and O–H groups in total. The first-order valence-corrected chi connectivity index (χ1v) is 7.56. The highest BCUT2D eigenvalue weighted by molar-refractivity contribution is 5.84. The quantitative estimate of drug-likeness (QED) is 0.650. The molecule has 106 valence electrons. The fourth-order valence-corrected chi connectivity index (χ4v) is 2.25. The summed E-state index contributed by atoms with van der Waals surface area (Å²) >= 11 is 0. The van der Waals surface area contributed by atoms with Crippen LogP contribution in [0, 0.1) is 0 Å². The van der Waals surface area contributed by atoms with Crippen molar-refractivity contribution in [1.29, 1.82) is 0 Å². The Labute approximate surface area is 117 Å². The van der Waals surface area contributed by atoms with Crippen LogP contribution >= 0.6 is 0 Å². The minimum atomic E-state index is -0.335. The van der Waals surface area contributed by atoms with Crippen molar-refractivity contribution in [1.82, 2.24) is 0 Å². The van der Waals surface area contributed by atoms with Gasteiger partial charge in [-0.3, -0.25) is 4.79 Å². The number of rotatable bonds is 10. The Hall–Kier alpha value is -1.15. The first kappa shape index (κ1) is 15.9. The fraction of sp³-hybridized carbons (Fsp3) is 0.588. The highest BCUT2D eigenvalue weighted by Gasteiger charge is 2.13. The third-order valence-corrected chi connectivity index (χ3v) is 3.49. The summed E-state index contributed by atoms with van der Waals surface area (Å²) in [5, 5.41) is 0. The van der Waals surface area contributed by atoms with E-state index in [1.165, 1.54) is 25.7 Å². The summed E-state index contributed by atoms with van der Waals surface area (Å²) in [7, 11) is 0. The zero-order valence-electron chi connectivity index (χ0n) is 12.1. The lowest BCUT2D eigenvalue weighted by atomic mass is 9.99. The molecule has 0 amide bonds. The van der Waals surface area contributed by atoms with Gasteiger partial charge in [0.05, 0.1) is 6.04 Å². The standard InChI is InChI=1S/C17H27NO/c1-2-3-4-5-6-10-13-17(19)16(18)14-15-11-8-7-9-12-15/h7-9,11-12,16H,2-6,10,13-14,18H2,1H3/t16-/m0/s1. The van der Waals surface area contributed by atoms with Crippen molar-refractivity contribution in [3.05, 3.63) is 35.9 Å². The van der Waals surface area contributed by atoms with Gasteiger partial charge < -0.3 is 5.73 Å². The largest absolute Gasteiger partial charge is 0.321 e. The number of benzene rings is 1. The van der Waals surface area contributed by atoms with Crippen LogP contribution in [0.3, 0.4) is 0 Å². The van der Waals surface area contributed by atoms with Gasteiger partial charge in [0.1, 0.15) is 5.78 Å². The predicted octanol–water partition coefficient (Wildman–Crippen LogP) is 3.88. The first-order chi connectivity index (χ1) is 9.24. The van der Waals surface area contributed by atoms with Crippen LogP contribution in [0.25, 0.3) is 0 Å². The molecule has 2 heteroatoms. The molecule has 0 heterocycles. The van der Waals surface area contributed by atoms with Crippen LogP contribution in [0.5, 0.6) is 0 Å². The fourth-order valence-electron chi connectivity index (χ4n) is 2.25. The van der Waals surface area contributed by atoms with E-state index in [0.29, 0.717) is 12.8 Å². The minimum Gasteiger partial charge on any atom is -0.321 e. The van der Waals surface area contributed by atoms with Crippen LogP contribution in [0.1, 0.15) is 57.4 Å². The van der Waals surface area contributed by atoms with Crippen molar-refractivity contribution >= 4 is 5.78 Å². The molecule has 0 saturated carbocycles. The molecule has 1 rings (SSSR count). The molecule has 0 spiro atoms. The molecule has 0 fully saturated rings. The number of nitrogens with two attached hydrogens (primary N) is 1. The molecule has 1 aromatic rings. The maximum atomic E-state index is 11.9. The van der Waals surface area contributed by atoms with Gasteiger partial charge in [-0.25, -0.2) is 0 Å². The second-order valence-electron chi connectivity index (χ2n) is 5.28. The number of carbonyl (C=O) groups is 1. The lowest BCUT2D eigenvalue weighted by molar-refractivity contribution is -0.120. The molecule has 19 heavy (non-hydrogen) atoms. The molecule has 0 unspecified atom stereocenters. The number of hydrogen-bond donors (Lipinski definition) is 1. The summed E-state index contributed by atoms with van der Waals surface area (Å²) in [5.74, 6) is 0.208. The Morgan fingerprint density at radius 1 is 1.05 bits per heavy atom. The maximum Gasteiger partial charge on any atom is 0.149 e. The summed E-state index contributed by atoms with van der Waals surface area (Å²) in [6, 6.07) is 9.67. The Morgan fingerprint density at radius 3 is 2.37 bits per heavy atom. The van der Waals surface area contributed by atoms with E-state index in [1.54, 1.807) is 0 Å². The average Bonchev–Trinajstić information content (AvgIpc) is 2.43. The van der Waals surface area contributed by atoms with Crippen molar-refractivity contribution in [2.24, 2.45) is 5.73 Å². The lowest BCUT2D eigenvalue weighted by Gasteiger charge is -2.10. The topological polar surface area (TPSA) is 43.1 Å². The number of unbranched alkanes of at least 4 members (excludes halogenated alkanes) is 5. The SMILES string of the molecule is CCCCCCCCC(=O)[C@@H](N)Cc1ccccc1. The zero-order chi connectivity index (χ0) is 13.9. The molecule has 0 aliphatic heterocycles. The van der Waals surface area contributed by atoms with E-state index < -0.39 is 0 Å². The molecule has 1 aromatic carbocycles. The molecule has 0 bridgehead atoms. The molecule has 0 aliphatic carbocycles. The maximum absolute atomic E-state index is 11.9. The summed E-state index contributed by atoms with van der Waals surface area (Å²) in [5.41, 5.74) is 7.11. The Balaban J connectivity index is 2.15.